The number of methoxy groups -OCH3 is 2. The molecule has 0 radical (unpaired) electrons. The van der Waals surface area contributed by atoms with Gasteiger partial charge in [-0.1, -0.05) is 47.6 Å². The number of benzene rings is 2. The first-order chi connectivity index (χ1) is 16.6. The van der Waals surface area contributed by atoms with Gasteiger partial charge in [0.05, 0.1) is 14.2 Å². The molecule has 0 N–H and O–H groups in total. The van der Waals surface area contributed by atoms with Gasteiger partial charge in [-0.3, -0.25) is 0 Å². The minimum absolute atomic E-state index is 0.473. The number of rotatable bonds is 9. The van der Waals surface area contributed by atoms with Crippen LogP contribution in [0.25, 0.3) is 6.08 Å². The first-order valence-corrected chi connectivity index (χ1v) is 12.0. The zero-order chi connectivity index (χ0) is 23.9. The fourth-order valence-electron chi connectivity index (χ4n) is 5.09. The molecule has 0 bridgehead atoms. The highest BCUT2D eigenvalue weighted by molar-refractivity contribution is 5.44. The van der Waals surface area contributed by atoms with Crippen molar-refractivity contribution < 1.29 is 14.0 Å². The van der Waals surface area contributed by atoms with Gasteiger partial charge >= 0.3 is 0 Å². The fourth-order valence-corrected chi connectivity index (χ4v) is 5.09. The van der Waals surface area contributed by atoms with Crippen molar-refractivity contribution in [3.8, 4) is 11.5 Å². The van der Waals surface area contributed by atoms with Gasteiger partial charge in [-0.05, 0) is 81.0 Å². The van der Waals surface area contributed by atoms with Crippen LogP contribution in [-0.4, -0.2) is 43.4 Å². The third kappa shape index (κ3) is 5.86. The fraction of sp³-hybridized carbons (Fsp3) is 0.429. The molecule has 1 unspecified atom stereocenters. The Labute approximate surface area is 202 Å². The molecule has 1 fully saturated rings. The smallest absolute Gasteiger partial charge is 0.250 e. The second-order valence-corrected chi connectivity index (χ2v) is 9.27. The SMILES string of the molecule is COc1ccc(Cc2noc(C=CC3CCC(C(c4ccccc4)N(C)C)CC3)n2)cc1OC. The largest absolute Gasteiger partial charge is 0.493 e. The number of hydrogen-bond donors (Lipinski definition) is 0. The lowest BCUT2D eigenvalue weighted by Gasteiger charge is -2.37. The van der Waals surface area contributed by atoms with Crippen LogP contribution in [0.4, 0.5) is 0 Å². The molecule has 6 heteroatoms. The van der Waals surface area contributed by atoms with E-state index in [9.17, 15) is 0 Å². The van der Waals surface area contributed by atoms with E-state index >= 15 is 0 Å². The molecule has 3 aromatic rings. The lowest BCUT2D eigenvalue weighted by atomic mass is 9.76. The summed E-state index contributed by atoms with van der Waals surface area (Å²) in [6, 6.07) is 17.2. The summed E-state index contributed by atoms with van der Waals surface area (Å²) in [5, 5.41) is 4.15. The highest BCUT2D eigenvalue weighted by atomic mass is 16.5. The van der Waals surface area contributed by atoms with Crippen molar-refractivity contribution >= 4 is 6.08 Å². The van der Waals surface area contributed by atoms with Crippen LogP contribution in [0.15, 0.2) is 59.1 Å². The van der Waals surface area contributed by atoms with Crippen molar-refractivity contribution in [3.63, 3.8) is 0 Å². The molecular formula is C28H35N3O3. The van der Waals surface area contributed by atoms with E-state index in [-0.39, 0.29) is 0 Å². The highest BCUT2D eigenvalue weighted by Crippen LogP contribution is 2.39. The molecule has 1 aliphatic rings. The second-order valence-electron chi connectivity index (χ2n) is 9.27. The summed E-state index contributed by atoms with van der Waals surface area (Å²) in [6.45, 7) is 0. The highest BCUT2D eigenvalue weighted by Gasteiger charge is 2.29. The average Bonchev–Trinajstić information content (AvgIpc) is 3.31. The first kappa shape index (κ1) is 24.0. The summed E-state index contributed by atoms with van der Waals surface area (Å²) in [5.41, 5.74) is 2.46. The topological polar surface area (TPSA) is 60.6 Å². The van der Waals surface area contributed by atoms with Gasteiger partial charge in [-0.15, -0.1) is 0 Å². The van der Waals surface area contributed by atoms with E-state index < -0.39 is 0 Å². The van der Waals surface area contributed by atoms with Crippen molar-refractivity contribution in [2.75, 3.05) is 28.3 Å². The molecule has 180 valence electrons. The standard InChI is InChI=1S/C28H35N3O3/c1-31(2)28(22-8-6-5-7-9-22)23-14-10-20(11-15-23)13-17-27-29-26(30-34-27)19-21-12-16-24(32-3)25(18-21)33-4/h5-9,12-13,16-18,20,23,28H,10-11,14-15,19H2,1-4H3. The maximum Gasteiger partial charge on any atom is 0.250 e. The van der Waals surface area contributed by atoms with Gasteiger partial charge in [0.25, 0.3) is 0 Å². The minimum atomic E-state index is 0.473. The number of allylic oxidation sites excluding steroid dienone is 1. The molecule has 2 aromatic carbocycles. The summed E-state index contributed by atoms with van der Waals surface area (Å²) < 4.78 is 16.2. The van der Waals surface area contributed by atoms with Crippen LogP contribution < -0.4 is 9.47 Å². The van der Waals surface area contributed by atoms with E-state index in [0.717, 1.165) is 5.56 Å². The van der Waals surface area contributed by atoms with E-state index in [1.54, 1.807) is 14.2 Å². The van der Waals surface area contributed by atoms with Crippen LogP contribution in [-0.2, 0) is 6.42 Å². The molecule has 34 heavy (non-hydrogen) atoms. The molecule has 0 saturated heterocycles. The van der Waals surface area contributed by atoms with Crippen molar-refractivity contribution in [1.82, 2.24) is 15.0 Å². The van der Waals surface area contributed by atoms with E-state index in [2.05, 4.69) is 65.5 Å². The maximum absolute atomic E-state index is 5.47. The predicted molar refractivity (Wildman–Crippen MR) is 134 cm³/mol. The van der Waals surface area contributed by atoms with Crippen molar-refractivity contribution in [2.24, 2.45) is 11.8 Å². The van der Waals surface area contributed by atoms with E-state index in [4.69, 9.17) is 14.0 Å². The molecule has 0 amide bonds. The Balaban J connectivity index is 1.32. The van der Waals surface area contributed by atoms with Gasteiger partial charge in [0, 0.05) is 12.5 Å². The molecule has 1 aliphatic carbocycles. The third-order valence-electron chi connectivity index (χ3n) is 6.77. The first-order valence-electron chi connectivity index (χ1n) is 12.0. The van der Waals surface area contributed by atoms with E-state index in [0.29, 0.717) is 47.5 Å². The number of aromatic nitrogens is 2. The van der Waals surface area contributed by atoms with Gasteiger partial charge in [0.15, 0.2) is 17.3 Å². The molecule has 0 spiro atoms. The monoisotopic (exact) mass is 461 g/mol. The summed E-state index contributed by atoms with van der Waals surface area (Å²) in [4.78, 5) is 6.92. The van der Waals surface area contributed by atoms with Crippen LogP contribution in [0.2, 0.25) is 0 Å². The molecule has 1 atom stereocenters. The van der Waals surface area contributed by atoms with Gasteiger partial charge in [0.2, 0.25) is 5.89 Å². The van der Waals surface area contributed by atoms with Crippen molar-refractivity contribution in [2.45, 2.75) is 38.1 Å². The Bertz CT molecular complexity index is 1070. The molecule has 0 aliphatic heterocycles. The molecule has 6 nitrogen and oxygen atoms in total. The van der Waals surface area contributed by atoms with Crippen molar-refractivity contribution in [1.29, 1.82) is 0 Å². The molecule has 1 aromatic heterocycles. The summed E-state index contributed by atoms with van der Waals surface area (Å²) >= 11 is 0. The van der Waals surface area contributed by atoms with Gasteiger partial charge < -0.3 is 18.9 Å². The molecule has 1 saturated carbocycles. The molecule has 1 heterocycles. The van der Waals surface area contributed by atoms with Crippen LogP contribution >= 0.6 is 0 Å². The van der Waals surface area contributed by atoms with Gasteiger partial charge in [-0.25, -0.2) is 0 Å². The van der Waals surface area contributed by atoms with Gasteiger partial charge in [-0.2, -0.15) is 4.98 Å². The Morgan fingerprint density at radius 3 is 2.41 bits per heavy atom. The zero-order valence-corrected chi connectivity index (χ0v) is 20.6. The summed E-state index contributed by atoms with van der Waals surface area (Å²) in [5.74, 6) is 3.86. The summed E-state index contributed by atoms with van der Waals surface area (Å²) in [6.07, 6.45) is 9.63. The number of ether oxygens (including phenoxy) is 2. The number of nitrogens with zero attached hydrogens (tertiary/aromatic N) is 3. The lowest BCUT2D eigenvalue weighted by Crippen LogP contribution is -2.30. The maximum atomic E-state index is 5.47. The molecular weight excluding hydrogens is 426 g/mol. The Hall–Kier alpha value is -3.12. The summed E-state index contributed by atoms with van der Waals surface area (Å²) in [7, 11) is 7.65. The quantitative estimate of drug-likeness (QED) is 0.401. The van der Waals surface area contributed by atoms with E-state index in [1.165, 1.54) is 31.2 Å². The van der Waals surface area contributed by atoms with Crippen LogP contribution in [0, 0.1) is 11.8 Å². The minimum Gasteiger partial charge on any atom is -0.493 e. The molecule has 4 rings (SSSR count). The Morgan fingerprint density at radius 2 is 1.74 bits per heavy atom. The van der Waals surface area contributed by atoms with Gasteiger partial charge in [0.1, 0.15) is 0 Å². The Morgan fingerprint density at radius 1 is 1.00 bits per heavy atom. The predicted octanol–water partition coefficient (Wildman–Crippen LogP) is 5.80. The zero-order valence-electron chi connectivity index (χ0n) is 20.6. The lowest BCUT2D eigenvalue weighted by molar-refractivity contribution is 0.159. The Kier molecular flexibility index (Phi) is 8.01. The van der Waals surface area contributed by atoms with E-state index in [1.807, 2.05) is 24.3 Å². The number of hydrogen-bond acceptors (Lipinski definition) is 6. The normalized spacial score (nSPS) is 19.4. The van der Waals surface area contributed by atoms with Crippen molar-refractivity contribution in [3.05, 3.63) is 77.4 Å². The average molecular weight is 462 g/mol. The van der Waals surface area contributed by atoms with Crippen LogP contribution in [0.1, 0.15) is 54.6 Å². The third-order valence-corrected chi connectivity index (χ3v) is 6.77. The van der Waals surface area contributed by atoms with Crippen LogP contribution in [0.5, 0.6) is 11.5 Å². The van der Waals surface area contributed by atoms with Crippen LogP contribution in [0.3, 0.4) is 0 Å². The second kappa shape index (κ2) is 11.3.